The highest BCUT2D eigenvalue weighted by Gasteiger charge is 2.09. The van der Waals surface area contributed by atoms with Gasteiger partial charge in [-0.25, -0.2) is 0 Å². The van der Waals surface area contributed by atoms with Crippen LogP contribution in [0.2, 0.25) is 0 Å². The molecule has 0 saturated carbocycles. The Balaban J connectivity index is 1.52. The third-order valence-corrected chi connectivity index (χ3v) is 5.07. The molecule has 34 heavy (non-hydrogen) atoms. The molecule has 3 aromatic rings. The van der Waals surface area contributed by atoms with Crippen LogP contribution in [0.1, 0.15) is 21.5 Å². The standard InChI is InChI=1S/C26H25N3O4S/c1-17-6-4-5-7-21(17)25(31)27-19-10-12-20(13-11-19)28-26(34)29-24(30)15-9-18-8-14-22(32-2)23(16-18)33-3/h4-16H,1-3H3,(H,27,31)(H2,28,29,30,34)/b15-9+. The van der Waals surface area contributed by atoms with Gasteiger partial charge in [-0.05, 0) is 78.8 Å². The van der Waals surface area contributed by atoms with E-state index in [-0.39, 0.29) is 16.9 Å². The molecular formula is C26H25N3O4S. The fourth-order valence-corrected chi connectivity index (χ4v) is 3.33. The number of rotatable bonds is 7. The number of ether oxygens (including phenoxy) is 2. The Morgan fingerprint density at radius 3 is 2.15 bits per heavy atom. The van der Waals surface area contributed by atoms with Crippen LogP contribution in [0, 0.1) is 6.92 Å². The largest absolute Gasteiger partial charge is 0.493 e. The summed E-state index contributed by atoms with van der Waals surface area (Å²) in [5.41, 5.74) is 3.61. The summed E-state index contributed by atoms with van der Waals surface area (Å²) in [7, 11) is 3.11. The number of thiocarbonyl (C=S) groups is 1. The van der Waals surface area contributed by atoms with Crippen molar-refractivity contribution in [2.75, 3.05) is 24.9 Å². The van der Waals surface area contributed by atoms with Crippen LogP contribution in [0.3, 0.4) is 0 Å². The van der Waals surface area contributed by atoms with Crippen molar-refractivity contribution in [3.8, 4) is 11.5 Å². The fourth-order valence-electron chi connectivity index (χ4n) is 3.11. The Kier molecular flexibility index (Phi) is 8.37. The van der Waals surface area contributed by atoms with E-state index in [2.05, 4.69) is 16.0 Å². The lowest BCUT2D eigenvalue weighted by atomic mass is 10.1. The molecule has 0 aliphatic rings. The van der Waals surface area contributed by atoms with Crippen molar-refractivity contribution >= 4 is 46.6 Å². The molecule has 0 aliphatic carbocycles. The minimum absolute atomic E-state index is 0.152. The number of amides is 2. The van der Waals surface area contributed by atoms with E-state index in [1.807, 2.05) is 25.1 Å². The Labute approximate surface area is 203 Å². The highest BCUT2D eigenvalue weighted by molar-refractivity contribution is 7.80. The number of nitrogens with one attached hydrogen (secondary N) is 3. The van der Waals surface area contributed by atoms with E-state index in [1.54, 1.807) is 68.8 Å². The monoisotopic (exact) mass is 475 g/mol. The average Bonchev–Trinajstić information content (AvgIpc) is 2.83. The first-order valence-corrected chi connectivity index (χ1v) is 10.8. The van der Waals surface area contributed by atoms with Gasteiger partial charge in [0.2, 0.25) is 5.91 Å². The van der Waals surface area contributed by atoms with Gasteiger partial charge in [0.1, 0.15) is 0 Å². The van der Waals surface area contributed by atoms with Crippen LogP contribution in [0.15, 0.2) is 72.8 Å². The molecule has 3 aromatic carbocycles. The van der Waals surface area contributed by atoms with Crippen LogP contribution >= 0.6 is 12.2 Å². The maximum atomic E-state index is 12.4. The second-order valence-electron chi connectivity index (χ2n) is 7.24. The molecular weight excluding hydrogens is 450 g/mol. The van der Waals surface area contributed by atoms with E-state index in [1.165, 1.54) is 6.08 Å². The topological polar surface area (TPSA) is 88.7 Å². The summed E-state index contributed by atoms with van der Waals surface area (Å²) in [4.78, 5) is 24.6. The van der Waals surface area contributed by atoms with E-state index in [4.69, 9.17) is 21.7 Å². The van der Waals surface area contributed by atoms with Crippen LogP contribution in [-0.4, -0.2) is 31.1 Å². The van der Waals surface area contributed by atoms with Crippen molar-refractivity contribution in [2.45, 2.75) is 6.92 Å². The van der Waals surface area contributed by atoms with Crippen molar-refractivity contribution in [3.63, 3.8) is 0 Å². The lowest BCUT2D eigenvalue weighted by Crippen LogP contribution is -2.32. The average molecular weight is 476 g/mol. The van der Waals surface area contributed by atoms with Crippen molar-refractivity contribution in [1.82, 2.24) is 5.32 Å². The van der Waals surface area contributed by atoms with Gasteiger partial charge >= 0.3 is 0 Å². The number of carbonyl (C=O) groups is 2. The van der Waals surface area contributed by atoms with Gasteiger partial charge in [-0.15, -0.1) is 0 Å². The molecule has 0 aromatic heterocycles. The van der Waals surface area contributed by atoms with E-state index >= 15 is 0 Å². The number of anilines is 2. The predicted octanol–water partition coefficient (Wildman–Crippen LogP) is 4.79. The van der Waals surface area contributed by atoms with Crippen molar-refractivity contribution < 1.29 is 19.1 Å². The molecule has 0 aliphatic heterocycles. The number of benzene rings is 3. The zero-order valence-electron chi connectivity index (χ0n) is 19.0. The summed E-state index contributed by atoms with van der Waals surface area (Å²) in [5.74, 6) is 0.619. The summed E-state index contributed by atoms with van der Waals surface area (Å²) in [6.07, 6.45) is 3.02. The predicted molar refractivity (Wildman–Crippen MR) is 139 cm³/mol. The summed E-state index contributed by atoms with van der Waals surface area (Å²) in [6.45, 7) is 1.89. The maximum absolute atomic E-state index is 12.4. The fraction of sp³-hybridized carbons (Fsp3) is 0.115. The minimum atomic E-state index is -0.380. The van der Waals surface area contributed by atoms with Crippen LogP contribution in [0.5, 0.6) is 11.5 Å². The normalized spacial score (nSPS) is 10.4. The highest BCUT2D eigenvalue weighted by atomic mass is 32.1. The molecule has 0 radical (unpaired) electrons. The summed E-state index contributed by atoms with van der Waals surface area (Å²) in [6, 6.07) is 19.7. The van der Waals surface area contributed by atoms with Crippen molar-refractivity contribution in [3.05, 3.63) is 89.5 Å². The molecule has 174 valence electrons. The number of aryl methyl sites for hydroxylation is 1. The first kappa shape index (κ1) is 24.5. The van der Waals surface area contributed by atoms with E-state index < -0.39 is 0 Å². The smallest absolute Gasteiger partial charge is 0.255 e. The minimum Gasteiger partial charge on any atom is -0.493 e. The Morgan fingerprint density at radius 1 is 0.853 bits per heavy atom. The highest BCUT2D eigenvalue weighted by Crippen LogP contribution is 2.27. The lowest BCUT2D eigenvalue weighted by Gasteiger charge is -2.10. The zero-order valence-corrected chi connectivity index (χ0v) is 19.9. The van der Waals surface area contributed by atoms with E-state index in [0.29, 0.717) is 28.4 Å². The number of carbonyl (C=O) groups excluding carboxylic acids is 2. The quantitative estimate of drug-likeness (QED) is 0.336. The third-order valence-electron chi connectivity index (χ3n) is 4.86. The molecule has 0 heterocycles. The Bertz CT molecular complexity index is 1220. The molecule has 0 saturated heterocycles. The second-order valence-corrected chi connectivity index (χ2v) is 7.65. The van der Waals surface area contributed by atoms with E-state index in [9.17, 15) is 9.59 Å². The summed E-state index contributed by atoms with van der Waals surface area (Å²) < 4.78 is 10.5. The van der Waals surface area contributed by atoms with Crippen LogP contribution in [0.25, 0.3) is 6.08 Å². The summed E-state index contributed by atoms with van der Waals surface area (Å²) in [5, 5.41) is 8.55. The Hall–Kier alpha value is -4.17. The van der Waals surface area contributed by atoms with Gasteiger partial charge in [0, 0.05) is 23.0 Å². The molecule has 0 bridgehead atoms. The van der Waals surface area contributed by atoms with Gasteiger partial charge in [-0.3, -0.25) is 14.9 Å². The van der Waals surface area contributed by atoms with E-state index in [0.717, 1.165) is 11.1 Å². The molecule has 0 atom stereocenters. The third kappa shape index (κ3) is 6.66. The number of hydrogen-bond donors (Lipinski definition) is 3. The van der Waals surface area contributed by atoms with Gasteiger partial charge in [0.05, 0.1) is 14.2 Å². The maximum Gasteiger partial charge on any atom is 0.255 e. The van der Waals surface area contributed by atoms with Crippen molar-refractivity contribution in [1.29, 1.82) is 0 Å². The zero-order chi connectivity index (χ0) is 24.5. The second kappa shape index (κ2) is 11.6. The molecule has 0 fully saturated rings. The molecule has 0 spiro atoms. The molecule has 7 nitrogen and oxygen atoms in total. The Morgan fingerprint density at radius 2 is 1.50 bits per heavy atom. The van der Waals surface area contributed by atoms with Gasteiger partial charge in [0.25, 0.3) is 5.91 Å². The lowest BCUT2D eigenvalue weighted by molar-refractivity contribution is -0.115. The van der Waals surface area contributed by atoms with Crippen LogP contribution in [-0.2, 0) is 4.79 Å². The molecule has 3 rings (SSSR count). The number of hydrogen-bond acceptors (Lipinski definition) is 5. The van der Waals surface area contributed by atoms with Crippen molar-refractivity contribution in [2.24, 2.45) is 0 Å². The van der Waals surface area contributed by atoms with Gasteiger partial charge in [0.15, 0.2) is 16.6 Å². The summed E-state index contributed by atoms with van der Waals surface area (Å²) >= 11 is 5.21. The molecule has 0 unspecified atom stereocenters. The van der Waals surface area contributed by atoms with Crippen LogP contribution < -0.4 is 25.4 Å². The molecule has 8 heteroatoms. The van der Waals surface area contributed by atoms with Gasteiger partial charge < -0.3 is 20.1 Å². The molecule has 2 amide bonds. The van der Waals surface area contributed by atoms with Gasteiger partial charge in [-0.2, -0.15) is 0 Å². The first-order valence-electron chi connectivity index (χ1n) is 10.4. The number of methoxy groups -OCH3 is 2. The van der Waals surface area contributed by atoms with Gasteiger partial charge in [-0.1, -0.05) is 24.3 Å². The first-order chi connectivity index (χ1) is 16.4. The SMILES string of the molecule is COc1ccc(/C=C/C(=O)NC(=S)Nc2ccc(NC(=O)c3ccccc3C)cc2)cc1OC. The van der Waals surface area contributed by atoms with Crippen LogP contribution in [0.4, 0.5) is 11.4 Å². The molecule has 3 N–H and O–H groups in total.